The maximum atomic E-state index is 5.48. The zero-order valence-corrected chi connectivity index (χ0v) is 10.7. The maximum absolute atomic E-state index is 5.48. The smallest absolute Gasteiger partial charge is 0.138 e. The van der Waals surface area contributed by atoms with Gasteiger partial charge in [-0.3, -0.25) is 4.68 Å². The molecule has 17 heavy (non-hydrogen) atoms. The Kier molecular flexibility index (Phi) is 4.50. The molecule has 2 rings (SSSR count). The van der Waals surface area contributed by atoms with Crippen LogP contribution in [0.1, 0.15) is 25.6 Å². The lowest BCUT2D eigenvalue weighted by Gasteiger charge is -2.23. The first-order chi connectivity index (χ1) is 8.31. The average Bonchev–Trinajstić information content (AvgIpc) is 2.96. The molecule has 1 aromatic rings. The number of rotatable bonds is 6. The molecule has 5 nitrogen and oxygen atoms in total. The van der Waals surface area contributed by atoms with Gasteiger partial charge in [0.1, 0.15) is 12.2 Å². The van der Waals surface area contributed by atoms with Crippen molar-refractivity contribution in [1.82, 2.24) is 20.1 Å². The summed E-state index contributed by atoms with van der Waals surface area (Å²) >= 11 is 0. The minimum atomic E-state index is 0.459. The summed E-state index contributed by atoms with van der Waals surface area (Å²) in [6.07, 6.45) is 4.87. The van der Waals surface area contributed by atoms with E-state index in [1.807, 2.05) is 11.7 Å². The molecule has 1 aliphatic rings. The summed E-state index contributed by atoms with van der Waals surface area (Å²) < 4.78 is 7.34. The van der Waals surface area contributed by atoms with Crippen molar-refractivity contribution in [3.05, 3.63) is 12.2 Å². The predicted molar refractivity (Wildman–Crippen MR) is 65.7 cm³/mol. The Balaban J connectivity index is 1.97. The molecule has 1 saturated heterocycles. The average molecular weight is 238 g/mol. The van der Waals surface area contributed by atoms with E-state index in [1.54, 1.807) is 6.33 Å². The second-order valence-corrected chi connectivity index (χ2v) is 4.69. The van der Waals surface area contributed by atoms with Gasteiger partial charge in [0.2, 0.25) is 0 Å². The molecular formula is C12H22N4O. The standard InChI is InChI=1S/C12H22N4O/c1-3-5-13-11(10-4-6-17-8-10)7-12-14-9-15-16(12)2/h9-11,13H,3-8H2,1-2H3. The summed E-state index contributed by atoms with van der Waals surface area (Å²) in [6, 6.07) is 0.459. The van der Waals surface area contributed by atoms with Crippen LogP contribution in [0.4, 0.5) is 0 Å². The van der Waals surface area contributed by atoms with E-state index in [4.69, 9.17) is 4.74 Å². The van der Waals surface area contributed by atoms with Crippen LogP contribution in [0, 0.1) is 5.92 Å². The number of hydrogen-bond donors (Lipinski definition) is 1. The van der Waals surface area contributed by atoms with Crippen molar-refractivity contribution in [3.8, 4) is 0 Å². The Morgan fingerprint density at radius 1 is 1.65 bits per heavy atom. The zero-order chi connectivity index (χ0) is 12.1. The van der Waals surface area contributed by atoms with Crippen LogP contribution in [0.25, 0.3) is 0 Å². The van der Waals surface area contributed by atoms with E-state index in [-0.39, 0.29) is 0 Å². The van der Waals surface area contributed by atoms with Crippen LogP contribution in [0.15, 0.2) is 6.33 Å². The van der Waals surface area contributed by atoms with E-state index in [0.717, 1.165) is 44.8 Å². The van der Waals surface area contributed by atoms with Crippen molar-refractivity contribution in [2.24, 2.45) is 13.0 Å². The van der Waals surface area contributed by atoms with Gasteiger partial charge in [-0.05, 0) is 19.4 Å². The predicted octanol–water partition coefficient (Wildman–Crippen LogP) is 0.762. The summed E-state index contributed by atoms with van der Waals surface area (Å²) in [5.41, 5.74) is 0. The molecule has 1 N–H and O–H groups in total. The van der Waals surface area contributed by atoms with Crippen LogP contribution < -0.4 is 5.32 Å². The summed E-state index contributed by atoms with van der Waals surface area (Å²) in [5, 5.41) is 7.74. The van der Waals surface area contributed by atoms with Crippen molar-refractivity contribution < 1.29 is 4.74 Å². The highest BCUT2D eigenvalue weighted by Crippen LogP contribution is 2.19. The zero-order valence-electron chi connectivity index (χ0n) is 10.7. The third-order valence-electron chi connectivity index (χ3n) is 3.40. The first-order valence-electron chi connectivity index (χ1n) is 6.45. The van der Waals surface area contributed by atoms with E-state index in [1.165, 1.54) is 0 Å². The van der Waals surface area contributed by atoms with Crippen molar-refractivity contribution in [2.75, 3.05) is 19.8 Å². The van der Waals surface area contributed by atoms with Crippen LogP contribution in [0.3, 0.4) is 0 Å². The Morgan fingerprint density at radius 2 is 2.53 bits per heavy atom. The van der Waals surface area contributed by atoms with Crippen molar-refractivity contribution in [3.63, 3.8) is 0 Å². The first-order valence-corrected chi connectivity index (χ1v) is 6.45. The molecule has 0 bridgehead atoms. The lowest BCUT2D eigenvalue weighted by Crippen LogP contribution is -2.39. The number of ether oxygens (including phenoxy) is 1. The Bertz CT molecular complexity index is 333. The minimum absolute atomic E-state index is 0.459. The molecule has 0 aliphatic carbocycles. The molecule has 0 spiro atoms. The van der Waals surface area contributed by atoms with Crippen LogP contribution >= 0.6 is 0 Å². The molecule has 1 aliphatic heterocycles. The van der Waals surface area contributed by atoms with Gasteiger partial charge < -0.3 is 10.1 Å². The minimum Gasteiger partial charge on any atom is -0.381 e. The lowest BCUT2D eigenvalue weighted by molar-refractivity contribution is 0.176. The Morgan fingerprint density at radius 3 is 3.12 bits per heavy atom. The fraction of sp³-hybridized carbons (Fsp3) is 0.833. The van der Waals surface area contributed by atoms with Crippen LogP contribution in [-0.2, 0) is 18.2 Å². The highest BCUT2D eigenvalue weighted by Gasteiger charge is 2.26. The second kappa shape index (κ2) is 6.12. The maximum Gasteiger partial charge on any atom is 0.138 e. The van der Waals surface area contributed by atoms with Gasteiger partial charge in [0.05, 0.1) is 6.61 Å². The number of hydrogen-bond acceptors (Lipinski definition) is 4. The molecule has 0 radical (unpaired) electrons. The third kappa shape index (κ3) is 3.26. The highest BCUT2D eigenvalue weighted by molar-refractivity contribution is 4.92. The van der Waals surface area contributed by atoms with Gasteiger partial charge in [0.15, 0.2) is 0 Å². The van der Waals surface area contributed by atoms with Gasteiger partial charge in [-0.15, -0.1) is 0 Å². The number of nitrogens with one attached hydrogen (secondary N) is 1. The SMILES string of the molecule is CCCNC(Cc1ncnn1C)C1CCOC1. The van der Waals surface area contributed by atoms with Gasteiger partial charge in [-0.1, -0.05) is 6.92 Å². The van der Waals surface area contributed by atoms with Crippen LogP contribution in [0.2, 0.25) is 0 Å². The molecule has 2 heterocycles. The summed E-state index contributed by atoms with van der Waals surface area (Å²) in [7, 11) is 1.95. The van der Waals surface area contributed by atoms with Gasteiger partial charge >= 0.3 is 0 Å². The van der Waals surface area contributed by atoms with E-state index in [9.17, 15) is 0 Å². The fourth-order valence-corrected chi connectivity index (χ4v) is 2.31. The molecule has 0 saturated carbocycles. The number of aromatic nitrogens is 3. The van der Waals surface area contributed by atoms with Crippen molar-refractivity contribution in [2.45, 2.75) is 32.2 Å². The molecule has 2 unspecified atom stereocenters. The lowest BCUT2D eigenvalue weighted by atomic mass is 9.95. The summed E-state index contributed by atoms with van der Waals surface area (Å²) in [5.74, 6) is 1.66. The first kappa shape index (κ1) is 12.5. The molecule has 96 valence electrons. The molecule has 2 atom stereocenters. The Hall–Kier alpha value is -0.940. The van der Waals surface area contributed by atoms with Crippen LogP contribution in [-0.4, -0.2) is 40.6 Å². The Labute approximate surface area is 103 Å². The molecular weight excluding hydrogens is 216 g/mol. The van der Waals surface area contributed by atoms with Gasteiger partial charge in [-0.25, -0.2) is 4.98 Å². The monoisotopic (exact) mass is 238 g/mol. The fourth-order valence-electron chi connectivity index (χ4n) is 2.31. The van der Waals surface area contributed by atoms with E-state index < -0.39 is 0 Å². The van der Waals surface area contributed by atoms with E-state index >= 15 is 0 Å². The third-order valence-corrected chi connectivity index (χ3v) is 3.40. The molecule has 5 heteroatoms. The normalized spacial score (nSPS) is 21.9. The largest absolute Gasteiger partial charge is 0.381 e. The molecule has 1 fully saturated rings. The molecule has 1 aromatic heterocycles. The van der Waals surface area contributed by atoms with Gasteiger partial charge in [0, 0.05) is 32.0 Å². The molecule has 0 amide bonds. The van der Waals surface area contributed by atoms with E-state index in [2.05, 4.69) is 22.3 Å². The summed E-state index contributed by atoms with van der Waals surface area (Å²) in [4.78, 5) is 4.31. The molecule has 0 aromatic carbocycles. The van der Waals surface area contributed by atoms with Crippen molar-refractivity contribution >= 4 is 0 Å². The van der Waals surface area contributed by atoms with Crippen LogP contribution in [0.5, 0.6) is 0 Å². The van der Waals surface area contributed by atoms with Gasteiger partial charge in [-0.2, -0.15) is 5.10 Å². The summed E-state index contributed by atoms with van der Waals surface area (Å²) in [6.45, 7) is 5.02. The number of nitrogens with zero attached hydrogens (tertiary/aromatic N) is 3. The van der Waals surface area contributed by atoms with Crippen molar-refractivity contribution in [1.29, 1.82) is 0 Å². The highest BCUT2D eigenvalue weighted by atomic mass is 16.5. The van der Waals surface area contributed by atoms with Gasteiger partial charge in [0.25, 0.3) is 0 Å². The quantitative estimate of drug-likeness (QED) is 0.795. The second-order valence-electron chi connectivity index (χ2n) is 4.69. The van der Waals surface area contributed by atoms with E-state index in [0.29, 0.717) is 12.0 Å². The topological polar surface area (TPSA) is 52.0 Å². The number of aryl methyl sites for hydroxylation is 1.